The van der Waals surface area contributed by atoms with Gasteiger partial charge in [-0.15, -0.1) is 13.2 Å². The van der Waals surface area contributed by atoms with Gasteiger partial charge in [0.2, 0.25) is 0 Å². The number of benzene rings is 2. The number of alkyl halides is 3. The zero-order valence-electron chi connectivity index (χ0n) is 22.3. The Bertz CT molecular complexity index is 1130. The molecule has 4 rings (SSSR count). The maximum Gasteiger partial charge on any atom is 0.573 e. The van der Waals surface area contributed by atoms with Gasteiger partial charge in [0.25, 0.3) is 5.91 Å². The molecule has 0 spiro atoms. The highest BCUT2D eigenvalue weighted by Crippen LogP contribution is 2.36. The van der Waals surface area contributed by atoms with Crippen molar-refractivity contribution in [3.63, 3.8) is 0 Å². The second kappa shape index (κ2) is 13.9. The number of amides is 1. The molecule has 0 aromatic heterocycles. The molecule has 1 saturated heterocycles. The Labute approximate surface area is 234 Å². The predicted molar refractivity (Wildman–Crippen MR) is 137 cm³/mol. The molecule has 1 aliphatic heterocycles. The molecule has 13 heteroatoms. The number of carbonyl (C=O) groups is 1. The van der Waals surface area contributed by atoms with Crippen LogP contribution in [0.1, 0.15) is 24.0 Å². The van der Waals surface area contributed by atoms with Crippen molar-refractivity contribution in [1.29, 1.82) is 0 Å². The van der Waals surface area contributed by atoms with E-state index in [1.807, 2.05) is 0 Å². The summed E-state index contributed by atoms with van der Waals surface area (Å²) in [5, 5.41) is 24.3. The molecule has 1 heterocycles. The fourth-order valence-corrected chi connectivity index (χ4v) is 4.91. The van der Waals surface area contributed by atoms with Gasteiger partial charge in [-0.1, -0.05) is 24.3 Å². The van der Waals surface area contributed by atoms with E-state index in [2.05, 4.69) is 15.0 Å². The second-order valence-corrected chi connectivity index (χ2v) is 10.1. The first-order valence-corrected chi connectivity index (χ1v) is 13.3. The summed E-state index contributed by atoms with van der Waals surface area (Å²) >= 11 is 0. The van der Waals surface area contributed by atoms with Crippen molar-refractivity contribution < 1.29 is 51.5 Å². The normalized spacial score (nSPS) is 25.6. The number of nitrogens with zero attached hydrogens (tertiary/aromatic N) is 1. The lowest BCUT2D eigenvalue weighted by Crippen LogP contribution is -2.61. The molecule has 3 N–H and O–H groups in total. The Hall–Kier alpha value is -2.81. The number of carbonyl (C=O) groups excluding carboxylic acids is 1. The highest BCUT2D eigenvalue weighted by molar-refractivity contribution is 5.85. The summed E-state index contributed by atoms with van der Waals surface area (Å²) in [6.07, 6.45) is -9.11. The van der Waals surface area contributed by atoms with Gasteiger partial charge in [0.15, 0.2) is 5.60 Å². The van der Waals surface area contributed by atoms with E-state index in [0.29, 0.717) is 37.4 Å². The van der Waals surface area contributed by atoms with Gasteiger partial charge in [-0.25, -0.2) is 4.39 Å². The Morgan fingerprint density at radius 3 is 2.49 bits per heavy atom. The molecule has 1 unspecified atom stereocenters. The molecule has 41 heavy (non-hydrogen) atoms. The number of hydrogen-bond donors (Lipinski definition) is 3. The largest absolute Gasteiger partial charge is 0.573 e. The average molecular weight is 587 g/mol. The van der Waals surface area contributed by atoms with E-state index in [0.717, 1.165) is 25.2 Å². The van der Waals surface area contributed by atoms with Crippen LogP contribution in [0, 0.1) is 5.82 Å². The highest BCUT2D eigenvalue weighted by atomic mass is 19.4. The number of rotatable bonds is 11. The monoisotopic (exact) mass is 586 g/mol. The predicted octanol–water partition coefficient (Wildman–Crippen LogP) is 2.53. The first kappa shape index (κ1) is 31.1. The third-order valence-corrected chi connectivity index (χ3v) is 7.10. The molecule has 2 fully saturated rings. The molecule has 0 bridgehead atoms. The van der Waals surface area contributed by atoms with E-state index in [1.54, 1.807) is 0 Å². The van der Waals surface area contributed by atoms with Crippen LogP contribution in [0.4, 0.5) is 17.6 Å². The fourth-order valence-electron chi connectivity index (χ4n) is 4.91. The van der Waals surface area contributed by atoms with E-state index in [1.165, 1.54) is 36.4 Å². The standard InChI is InChI=1S/C28H34F4N2O7/c29-21-6-4-19(5-7-21)18-40-27(26(37)33-8-9-34-10-12-38-13-11-34)15-23(35)25(36)24(16-27)39-17-20-2-1-3-22(14-20)41-28(30,31)32/h1-7,14,23-25,35-36H,8-13,15-18H2,(H,33,37)/t23-,24?,25-,27+/m1/s1. The minimum Gasteiger partial charge on any atom is -0.406 e. The third-order valence-electron chi connectivity index (χ3n) is 7.10. The van der Waals surface area contributed by atoms with Gasteiger partial charge in [-0.2, -0.15) is 0 Å². The highest BCUT2D eigenvalue weighted by Gasteiger charge is 2.51. The van der Waals surface area contributed by atoms with Crippen LogP contribution in [0.3, 0.4) is 0 Å². The minimum atomic E-state index is -4.86. The SMILES string of the molecule is O=C(NCCN1CCOCC1)[C@@]1(OCc2ccc(F)cc2)CC(OCc2cccc(OC(F)(F)F)c2)[C@H](O)[C@H](O)C1. The quantitative estimate of drug-likeness (QED) is 0.345. The molecule has 1 saturated carbocycles. The van der Waals surface area contributed by atoms with Crippen LogP contribution in [-0.4, -0.2) is 90.7 Å². The molecule has 4 atom stereocenters. The number of morpholine rings is 1. The Morgan fingerprint density at radius 2 is 1.78 bits per heavy atom. The summed E-state index contributed by atoms with van der Waals surface area (Å²) in [4.78, 5) is 15.7. The lowest BCUT2D eigenvalue weighted by atomic mass is 9.78. The number of hydrogen-bond acceptors (Lipinski definition) is 8. The van der Waals surface area contributed by atoms with Crippen molar-refractivity contribution in [3.8, 4) is 5.75 Å². The van der Waals surface area contributed by atoms with Crippen LogP contribution in [0.5, 0.6) is 5.75 Å². The smallest absolute Gasteiger partial charge is 0.406 e. The summed E-state index contributed by atoms with van der Waals surface area (Å²) in [5.74, 6) is -1.37. The van der Waals surface area contributed by atoms with Crippen LogP contribution in [0.2, 0.25) is 0 Å². The maximum absolute atomic E-state index is 13.6. The van der Waals surface area contributed by atoms with Crippen LogP contribution >= 0.6 is 0 Å². The van der Waals surface area contributed by atoms with Crippen LogP contribution < -0.4 is 10.1 Å². The lowest BCUT2D eigenvalue weighted by Gasteiger charge is -2.44. The lowest BCUT2D eigenvalue weighted by molar-refractivity contribution is -0.274. The summed E-state index contributed by atoms with van der Waals surface area (Å²) < 4.78 is 72.5. The number of halogens is 4. The fraction of sp³-hybridized carbons (Fsp3) is 0.536. The van der Waals surface area contributed by atoms with E-state index >= 15 is 0 Å². The Kier molecular flexibility index (Phi) is 10.6. The van der Waals surface area contributed by atoms with Crippen LogP contribution in [0.15, 0.2) is 48.5 Å². The van der Waals surface area contributed by atoms with E-state index < -0.39 is 47.7 Å². The Balaban J connectivity index is 1.47. The van der Waals surface area contributed by atoms with Crippen LogP contribution in [-0.2, 0) is 32.2 Å². The van der Waals surface area contributed by atoms with Crippen LogP contribution in [0.25, 0.3) is 0 Å². The number of ether oxygens (including phenoxy) is 4. The molecule has 9 nitrogen and oxygen atoms in total. The first-order chi connectivity index (χ1) is 19.5. The molecule has 1 aliphatic carbocycles. The maximum atomic E-state index is 13.6. The van der Waals surface area contributed by atoms with Gasteiger partial charge in [0, 0.05) is 39.0 Å². The van der Waals surface area contributed by atoms with Crippen molar-refractivity contribution >= 4 is 5.91 Å². The van der Waals surface area contributed by atoms with Gasteiger partial charge in [0.05, 0.1) is 38.6 Å². The average Bonchev–Trinajstić information content (AvgIpc) is 2.93. The van der Waals surface area contributed by atoms with Crippen molar-refractivity contribution in [3.05, 3.63) is 65.5 Å². The molecule has 0 radical (unpaired) electrons. The molecule has 2 aliphatic rings. The summed E-state index contributed by atoms with van der Waals surface area (Å²) in [5.41, 5.74) is -0.692. The number of aliphatic hydroxyl groups is 2. The van der Waals surface area contributed by atoms with E-state index in [9.17, 15) is 32.6 Å². The van der Waals surface area contributed by atoms with Crippen molar-refractivity contribution in [2.45, 2.75) is 56.3 Å². The molecule has 1 amide bonds. The van der Waals surface area contributed by atoms with Gasteiger partial charge < -0.3 is 34.5 Å². The topological polar surface area (TPSA) is 110 Å². The zero-order valence-corrected chi connectivity index (χ0v) is 22.3. The van der Waals surface area contributed by atoms with E-state index in [-0.39, 0.29) is 26.1 Å². The molecular weight excluding hydrogens is 552 g/mol. The van der Waals surface area contributed by atoms with Gasteiger partial charge in [-0.05, 0) is 35.4 Å². The Morgan fingerprint density at radius 1 is 1.05 bits per heavy atom. The van der Waals surface area contributed by atoms with Crippen molar-refractivity contribution in [2.24, 2.45) is 0 Å². The van der Waals surface area contributed by atoms with Gasteiger partial charge in [0.1, 0.15) is 17.7 Å². The minimum absolute atomic E-state index is 0.0798. The summed E-state index contributed by atoms with van der Waals surface area (Å²) in [6, 6.07) is 10.7. The zero-order chi connectivity index (χ0) is 29.5. The number of nitrogens with one attached hydrogen (secondary N) is 1. The third kappa shape index (κ3) is 9.09. The summed E-state index contributed by atoms with van der Waals surface area (Å²) in [7, 11) is 0. The summed E-state index contributed by atoms with van der Waals surface area (Å²) in [6.45, 7) is 3.25. The van der Waals surface area contributed by atoms with Gasteiger partial charge >= 0.3 is 6.36 Å². The molecule has 226 valence electrons. The van der Waals surface area contributed by atoms with Gasteiger partial charge in [-0.3, -0.25) is 9.69 Å². The molecule has 2 aromatic carbocycles. The first-order valence-electron chi connectivity index (χ1n) is 13.3. The molecular formula is C28H34F4N2O7. The second-order valence-electron chi connectivity index (χ2n) is 10.1. The van der Waals surface area contributed by atoms with Crippen molar-refractivity contribution in [2.75, 3.05) is 39.4 Å². The number of aliphatic hydroxyl groups excluding tert-OH is 2. The van der Waals surface area contributed by atoms with Crippen molar-refractivity contribution in [1.82, 2.24) is 10.2 Å². The van der Waals surface area contributed by atoms with E-state index in [4.69, 9.17) is 14.2 Å². The molecule has 2 aromatic rings.